The summed E-state index contributed by atoms with van der Waals surface area (Å²) in [7, 11) is 2.99. The third-order valence-electron chi connectivity index (χ3n) is 3.85. The lowest BCUT2D eigenvalue weighted by Gasteiger charge is -2.14. The van der Waals surface area contributed by atoms with Crippen LogP contribution in [0.3, 0.4) is 0 Å². The van der Waals surface area contributed by atoms with Crippen LogP contribution in [0.2, 0.25) is 0 Å². The van der Waals surface area contributed by atoms with Gasteiger partial charge in [0.15, 0.2) is 5.82 Å². The van der Waals surface area contributed by atoms with Crippen LogP contribution in [0, 0.1) is 12.7 Å². The molecule has 0 saturated carbocycles. The molecular formula is C18H18FN5O3. The van der Waals surface area contributed by atoms with Crippen LogP contribution < -0.4 is 10.1 Å². The van der Waals surface area contributed by atoms with Crippen LogP contribution >= 0.6 is 0 Å². The van der Waals surface area contributed by atoms with E-state index in [4.69, 9.17) is 9.47 Å². The fourth-order valence-electron chi connectivity index (χ4n) is 2.66. The Morgan fingerprint density at radius 1 is 1.33 bits per heavy atom. The van der Waals surface area contributed by atoms with Gasteiger partial charge in [-0.25, -0.2) is 23.8 Å². The van der Waals surface area contributed by atoms with Crippen LogP contribution in [-0.4, -0.2) is 39.9 Å². The number of esters is 1. The number of carbonyl (C=O) groups excluding carboxylic acids is 1. The Morgan fingerprint density at radius 2 is 2.15 bits per heavy atom. The molecule has 0 unspecified atom stereocenters. The van der Waals surface area contributed by atoms with Gasteiger partial charge in [0.25, 0.3) is 5.88 Å². The van der Waals surface area contributed by atoms with Gasteiger partial charge in [-0.3, -0.25) is 0 Å². The predicted molar refractivity (Wildman–Crippen MR) is 95.5 cm³/mol. The van der Waals surface area contributed by atoms with Crippen LogP contribution in [0.1, 0.15) is 21.5 Å². The molecule has 0 aliphatic rings. The first kappa shape index (κ1) is 18.3. The number of anilines is 1. The molecule has 2 aromatic heterocycles. The number of pyridine rings is 1. The third kappa shape index (κ3) is 4.02. The molecule has 140 valence electrons. The lowest BCUT2D eigenvalue weighted by molar-refractivity contribution is 0.0601. The molecule has 1 aromatic carbocycles. The molecule has 0 atom stereocenters. The molecule has 1 N–H and O–H groups in total. The van der Waals surface area contributed by atoms with E-state index >= 15 is 0 Å². The molecule has 9 heteroatoms. The van der Waals surface area contributed by atoms with Crippen molar-refractivity contribution >= 4 is 11.7 Å². The van der Waals surface area contributed by atoms with E-state index < -0.39 is 11.8 Å². The van der Waals surface area contributed by atoms with Gasteiger partial charge in [0.1, 0.15) is 18.4 Å². The second-order valence-corrected chi connectivity index (χ2v) is 5.73. The molecule has 0 spiro atoms. The van der Waals surface area contributed by atoms with Crippen molar-refractivity contribution in [2.75, 3.05) is 19.5 Å². The maximum Gasteiger partial charge on any atom is 0.340 e. The fraction of sp³-hybridized carbons (Fsp3) is 0.222. The van der Waals surface area contributed by atoms with Gasteiger partial charge in [0.2, 0.25) is 0 Å². The van der Waals surface area contributed by atoms with Crippen molar-refractivity contribution < 1.29 is 18.7 Å². The highest BCUT2D eigenvalue weighted by Gasteiger charge is 2.17. The number of aryl methyl sites for hydroxylation is 1. The van der Waals surface area contributed by atoms with Crippen molar-refractivity contribution in [2.24, 2.45) is 0 Å². The lowest BCUT2D eigenvalue weighted by Crippen LogP contribution is -2.08. The van der Waals surface area contributed by atoms with Crippen LogP contribution in [0.25, 0.3) is 0 Å². The summed E-state index contributed by atoms with van der Waals surface area (Å²) in [6.45, 7) is 2.14. The second kappa shape index (κ2) is 7.81. The SMILES string of the molecule is CNc1c(C)cc(Oc2ncc(Cn3cncn3)cc2F)cc1C(=O)OC. The molecule has 0 aliphatic carbocycles. The number of halogens is 1. The second-order valence-electron chi connectivity index (χ2n) is 5.73. The normalized spacial score (nSPS) is 10.5. The first-order valence-electron chi connectivity index (χ1n) is 8.07. The molecule has 0 aliphatic heterocycles. The number of carbonyl (C=O) groups is 1. The maximum absolute atomic E-state index is 14.4. The van der Waals surface area contributed by atoms with E-state index in [1.807, 2.05) is 0 Å². The number of hydrogen-bond acceptors (Lipinski definition) is 7. The topological polar surface area (TPSA) is 91.2 Å². The number of methoxy groups -OCH3 is 1. The molecule has 0 radical (unpaired) electrons. The molecule has 3 aromatic rings. The maximum atomic E-state index is 14.4. The van der Waals surface area contributed by atoms with Gasteiger partial charge in [-0.15, -0.1) is 0 Å². The number of aromatic nitrogens is 4. The summed E-state index contributed by atoms with van der Waals surface area (Å²) in [5, 5.41) is 6.92. The van der Waals surface area contributed by atoms with E-state index in [9.17, 15) is 9.18 Å². The Hall–Kier alpha value is -3.49. The summed E-state index contributed by atoms with van der Waals surface area (Å²) >= 11 is 0. The summed E-state index contributed by atoms with van der Waals surface area (Å²) in [5.41, 5.74) is 2.27. The van der Waals surface area contributed by atoms with Crippen LogP contribution in [0.5, 0.6) is 11.6 Å². The van der Waals surface area contributed by atoms with E-state index in [2.05, 4.69) is 20.4 Å². The molecule has 0 amide bonds. The highest BCUT2D eigenvalue weighted by Crippen LogP contribution is 2.30. The van der Waals surface area contributed by atoms with Crippen molar-refractivity contribution in [1.82, 2.24) is 19.7 Å². The average Bonchev–Trinajstić information content (AvgIpc) is 3.16. The number of hydrogen-bond donors (Lipinski definition) is 1. The van der Waals surface area contributed by atoms with E-state index in [0.717, 1.165) is 5.56 Å². The van der Waals surface area contributed by atoms with Crippen molar-refractivity contribution in [3.63, 3.8) is 0 Å². The Kier molecular flexibility index (Phi) is 5.30. The van der Waals surface area contributed by atoms with Gasteiger partial charge in [-0.05, 0) is 36.2 Å². The minimum absolute atomic E-state index is 0.190. The van der Waals surface area contributed by atoms with E-state index in [1.165, 1.54) is 38.1 Å². The van der Waals surface area contributed by atoms with Crippen molar-refractivity contribution in [2.45, 2.75) is 13.5 Å². The number of rotatable bonds is 6. The first-order chi connectivity index (χ1) is 13.0. The zero-order chi connectivity index (χ0) is 19.4. The smallest absolute Gasteiger partial charge is 0.340 e. The fourth-order valence-corrected chi connectivity index (χ4v) is 2.66. The monoisotopic (exact) mass is 371 g/mol. The Balaban J connectivity index is 1.86. The van der Waals surface area contributed by atoms with Gasteiger partial charge in [0, 0.05) is 13.2 Å². The lowest BCUT2D eigenvalue weighted by atomic mass is 10.1. The highest BCUT2D eigenvalue weighted by molar-refractivity contribution is 5.97. The van der Waals surface area contributed by atoms with E-state index in [0.29, 0.717) is 23.4 Å². The van der Waals surface area contributed by atoms with Crippen molar-refractivity contribution in [3.05, 3.63) is 59.6 Å². The van der Waals surface area contributed by atoms with Gasteiger partial charge < -0.3 is 14.8 Å². The zero-order valence-electron chi connectivity index (χ0n) is 15.1. The molecular weight excluding hydrogens is 353 g/mol. The summed E-state index contributed by atoms with van der Waals surface area (Å²) < 4.78 is 26.3. The van der Waals surface area contributed by atoms with Crippen molar-refractivity contribution in [3.8, 4) is 11.6 Å². The number of ether oxygens (including phenoxy) is 2. The Bertz CT molecular complexity index is 960. The van der Waals surface area contributed by atoms with Gasteiger partial charge in [0.05, 0.1) is 24.9 Å². The zero-order valence-corrected chi connectivity index (χ0v) is 15.1. The molecule has 0 saturated heterocycles. The van der Waals surface area contributed by atoms with Gasteiger partial charge >= 0.3 is 5.97 Å². The predicted octanol–water partition coefficient (Wildman–Crippen LogP) is 2.79. The highest BCUT2D eigenvalue weighted by atomic mass is 19.1. The van der Waals surface area contributed by atoms with E-state index in [-0.39, 0.29) is 11.6 Å². The van der Waals surface area contributed by atoms with Gasteiger partial charge in [-0.2, -0.15) is 5.10 Å². The average molecular weight is 371 g/mol. The molecule has 27 heavy (non-hydrogen) atoms. The molecule has 3 rings (SSSR count). The van der Waals surface area contributed by atoms with Crippen LogP contribution in [0.4, 0.5) is 10.1 Å². The summed E-state index contributed by atoms with van der Waals surface area (Å²) in [6.07, 6.45) is 4.43. The minimum atomic E-state index is -0.623. The quantitative estimate of drug-likeness (QED) is 0.666. The first-order valence-corrected chi connectivity index (χ1v) is 8.07. The Labute approximate surface area is 155 Å². The summed E-state index contributed by atoms with van der Waals surface area (Å²) in [4.78, 5) is 19.9. The van der Waals surface area contributed by atoms with Gasteiger partial charge in [-0.1, -0.05) is 0 Å². The molecule has 8 nitrogen and oxygen atoms in total. The largest absolute Gasteiger partial charge is 0.465 e. The molecule has 0 bridgehead atoms. The Morgan fingerprint density at radius 3 is 2.78 bits per heavy atom. The van der Waals surface area contributed by atoms with Crippen molar-refractivity contribution in [1.29, 1.82) is 0 Å². The molecule has 2 heterocycles. The summed E-state index contributed by atoms with van der Waals surface area (Å²) in [6, 6.07) is 4.48. The number of nitrogens with one attached hydrogen (secondary N) is 1. The third-order valence-corrected chi connectivity index (χ3v) is 3.85. The van der Waals surface area contributed by atoms with E-state index in [1.54, 1.807) is 24.7 Å². The van der Waals surface area contributed by atoms with Crippen LogP contribution in [-0.2, 0) is 11.3 Å². The number of benzene rings is 1. The molecule has 0 fully saturated rings. The number of nitrogens with zero attached hydrogens (tertiary/aromatic N) is 4. The van der Waals surface area contributed by atoms with Crippen LogP contribution in [0.15, 0.2) is 37.1 Å². The minimum Gasteiger partial charge on any atom is -0.465 e. The summed E-state index contributed by atoms with van der Waals surface area (Å²) in [5.74, 6) is -1.06. The standard InChI is InChI=1S/C18H18FN5O3/c1-11-4-13(6-14(16(11)20-2)18(25)26-3)27-17-15(19)5-12(7-22-17)8-24-10-21-9-23-24/h4-7,9-10,20H,8H2,1-3H3.